The van der Waals surface area contributed by atoms with Crippen LogP contribution in [0, 0.1) is 0 Å². The van der Waals surface area contributed by atoms with Gasteiger partial charge in [0.2, 0.25) is 0 Å². The molecule has 0 unspecified atom stereocenters. The highest BCUT2D eigenvalue weighted by atomic mass is 35.5. The van der Waals surface area contributed by atoms with Gasteiger partial charge in [0.25, 0.3) is 0 Å². The minimum Gasteiger partial charge on any atom is -0.385 e. The largest absolute Gasteiger partial charge is 0.385 e. The summed E-state index contributed by atoms with van der Waals surface area (Å²) in [5.74, 6) is 0.724. The second kappa shape index (κ2) is 5.87. The lowest BCUT2D eigenvalue weighted by molar-refractivity contribution is 0.979. The van der Waals surface area contributed by atoms with E-state index in [4.69, 9.17) is 11.6 Å². The number of rotatable bonds is 5. The first-order chi connectivity index (χ1) is 6.38. The molecule has 0 bridgehead atoms. The number of anilines is 1. The standard InChI is InChI=1S/C11H16ClN/c1-2-10-6-3-4-7-11(10)13-9-5-8-12/h3-4,6-7,13H,2,5,8-9H2,1H3. The number of halogens is 1. The van der Waals surface area contributed by atoms with Gasteiger partial charge >= 0.3 is 0 Å². The van der Waals surface area contributed by atoms with E-state index in [1.807, 2.05) is 0 Å². The van der Waals surface area contributed by atoms with Gasteiger partial charge in [-0.25, -0.2) is 0 Å². The summed E-state index contributed by atoms with van der Waals surface area (Å²) < 4.78 is 0. The molecule has 0 aromatic heterocycles. The first-order valence-corrected chi connectivity index (χ1v) is 5.29. The molecule has 0 radical (unpaired) electrons. The molecule has 1 nitrogen and oxygen atoms in total. The molecule has 0 heterocycles. The molecular formula is C11H16ClN. The van der Waals surface area contributed by atoms with Gasteiger partial charge in [0.05, 0.1) is 0 Å². The quantitative estimate of drug-likeness (QED) is 0.564. The van der Waals surface area contributed by atoms with Gasteiger partial charge in [0.1, 0.15) is 0 Å². The maximum atomic E-state index is 5.60. The molecule has 0 saturated carbocycles. The Bertz CT molecular complexity index is 248. The predicted octanol–water partition coefficient (Wildman–Crippen LogP) is 3.29. The first-order valence-electron chi connectivity index (χ1n) is 4.76. The third-order valence-electron chi connectivity index (χ3n) is 2.02. The molecule has 0 spiro atoms. The average molecular weight is 198 g/mol. The Kier molecular flexibility index (Phi) is 4.69. The van der Waals surface area contributed by atoms with Crippen LogP contribution in [-0.2, 0) is 6.42 Å². The fourth-order valence-corrected chi connectivity index (χ4v) is 1.42. The van der Waals surface area contributed by atoms with Crippen LogP contribution in [0.15, 0.2) is 24.3 Å². The number of benzene rings is 1. The Hall–Kier alpha value is -0.690. The van der Waals surface area contributed by atoms with Crippen LogP contribution in [0.5, 0.6) is 0 Å². The molecule has 0 amide bonds. The third kappa shape index (κ3) is 3.27. The molecule has 1 aromatic carbocycles. The summed E-state index contributed by atoms with van der Waals surface area (Å²) in [5.41, 5.74) is 2.62. The second-order valence-corrected chi connectivity index (χ2v) is 3.36. The highest BCUT2D eigenvalue weighted by Crippen LogP contribution is 2.14. The Labute approximate surface area is 85.1 Å². The smallest absolute Gasteiger partial charge is 0.0372 e. The van der Waals surface area contributed by atoms with Gasteiger partial charge in [-0.2, -0.15) is 0 Å². The van der Waals surface area contributed by atoms with Crippen molar-refractivity contribution in [2.75, 3.05) is 17.7 Å². The Morgan fingerprint density at radius 3 is 2.77 bits per heavy atom. The van der Waals surface area contributed by atoms with Gasteiger partial charge < -0.3 is 5.32 Å². The van der Waals surface area contributed by atoms with Gasteiger partial charge in [0.15, 0.2) is 0 Å². The summed E-state index contributed by atoms with van der Waals surface area (Å²) in [7, 11) is 0. The van der Waals surface area contributed by atoms with Crippen molar-refractivity contribution in [1.29, 1.82) is 0 Å². The van der Waals surface area contributed by atoms with E-state index < -0.39 is 0 Å². The summed E-state index contributed by atoms with van der Waals surface area (Å²) in [6, 6.07) is 8.41. The molecule has 2 heteroatoms. The Balaban J connectivity index is 2.54. The zero-order valence-corrected chi connectivity index (χ0v) is 8.77. The van der Waals surface area contributed by atoms with Gasteiger partial charge in [-0.1, -0.05) is 25.1 Å². The van der Waals surface area contributed by atoms with Crippen molar-refractivity contribution in [3.05, 3.63) is 29.8 Å². The fraction of sp³-hybridized carbons (Fsp3) is 0.455. The van der Waals surface area contributed by atoms with Crippen LogP contribution in [0.3, 0.4) is 0 Å². The Morgan fingerprint density at radius 1 is 1.31 bits per heavy atom. The number of aryl methyl sites for hydroxylation is 1. The molecule has 0 atom stereocenters. The molecule has 72 valence electrons. The lowest BCUT2D eigenvalue weighted by atomic mass is 10.1. The third-order valence-corrected chi connectivity index (χ3v) is 2.29. The number of nitrogens with one attached hydrogen (secondary N) is 1. The zero-order valence-electron chi connectivity index (χ0n) is 8.02. The summed E-state index contributed by atoms with van der Waals surface area (Å²) in [6.45, 7) is 3.13. The first kappa shape index (κ1) is 10.4. The number of hydrogen-bond donors (Lipinski definition) is 1. The van der Waals surface area contributed by atoms with Gasteiger partial charge in [-0.05, 0) is 24.5 Å². The number of para-hydroxylation sites is 1. The molecule has 0 saturated heterocycles. The van der Waals surface area contributed by atoms with Crippen molar-refractivity contribution in [3.63, 3.8) is 0 Å². The lowest BCUT2D eigenvalue weighted by Crippen LogP contribution is -2.03. The van der Waals surface area contributed by atoms with E-state index >= 15 is 0 Å². The number of hydrogen-bond acceptors (Lipinski definition) is 1. The monoisotopic (exact) mass is 197 g/mol. The molecule has 0 aliphatic heterocycles. The molecule has 0 aliphatic rings. The fourth-order valence-electron chi connectivity index (χ4n) is 1.29. The van der Waals surface area contributed by atoms with Crippen molar-refractivity contribution in [3.8, 4) is 0 Å². The molecule has 0 fully saturated rings. The van der Waals surface area contributed by atoms with E-state index in [-0.39, 0.29) is 0 Å². The summed E-state index contributed by atoms with van der Waals surface area (Å²) >= 11 is 5.60. The van der Waals surface area contributed by atoms with E-state index in [1.165, 1.54) is 11.3 Å². The van der Waals surface area contributed by atoms with E-state index in [1.54, 1.807) is 0 Å². The Morgan fingerprint density at radius 2 is 2.08 bits per heavy atom. The zero-order chi connectivity index (χ0) is 9.52. The van der Waals surface area contributed by atoms with Crippen LogP contribution >= 0.6 is 11.6 Å². The molecule has 13 heavy (non-hydrogen) atoms. The topological polar surface area (TPSA) is 12.0 Å². The average Bonchev–Trinajstić information content (AvgIpc) is 2.19. The minimum absolute atomic E-state index is 0.724. The van der Waals surface area contributed by atoms with Gasteiger partial charge in [-0.3, -0.25) is 0 Å². The van der Waals surface area contributed by atoms with Crippen molar-refractivity contribution in [1.82, 2.24) is 0 Å². The molecular weight excluding hydrogens is 182 g/mol. The molecule has 0 aliphatic carbocycles. The van der Waals surface area contributed by atoms with E-state index in [2.05, 4.69) is 36.5 Å². The lowest BCUT2D eigenvalue weighted by Gasteiger charge is -2.09. The van der Waals surface area contributed by atoms with Crippen molar-refractivity contribution < 1.29 is 0 Å². The van der Waals surface area contributed by atoms with Crippen molar-refractivity contribution >= 4 is 17.3 Å². The van der Waals surface area contributed by atoms with E-state index in [9.17, 15) is 0 Å². The maximum Gasteiger partial charge on any atom is 0.0372 e. The SMILES string of the molecule is CCc1ccccc1NCCCCl. The van der Waals surface area contributed by atoms with Crippen LogP contribution in [0.2, 0.25) is 0 Å². The van der Waals surface area contributed by atoms with E-state index in [0.29, 0.717) is 0 Å². The molecule has 1 N–H and O–H groups in total. The molecule has 1 aromatic rings. The highest BCUT2D eigenvalue weighted by Gasteiger charge is 1.96. The van der Waals surface area contributed by atoms with Gasteiger partial charge in [-0.15, -0.1) is 11.6 Å². The summed E-state index contributed by atoms with van der Waals surface area (Å²) in [4.78, 5) is 0. The summed E-state index contributed by atoms with van der Waals surface area (Å²) in [5, 5.41) is 3.38. The van der Waals surface area contributed by atoms with E-state index in [0.717, 1.165) is 25.3 Å². The van der Waals surface area contributed by atoms with Crippen molar-refractivity contribution in [2.45, 2.75) is 19.8 Å². The second-order valence-electron chi connectivity index (χ2n) is 2.98. The highest BCUT2D eigenvalue weighted by molar-refractivity contribution is 6.17. The maximum absolute atomic E-state index is 5.60. The van der Waals surface area contributed by atoms with Crippen LogP contribution in [0.1, 0.15) is 18.9 Å². The van der Waals surface area contributed by atoms with Crippen molar-refractivity contribution in [2.24, 2.45) is 0 Å². The predicted molar refractivity (Wildman–Crippen MR) is 59.6 cm³/mol. The minimum atomic E-state index is 0.724. The van der Waals surface area contributed by atoms with Gasteiger partial charge in [0, 0.05) is 18.1 Å². The van der Waals surface area contributed by atoms with Crippen LogP contribution in [-0.4, -0.2) is 12.4 Å². The molecule has 1 rings (SSSR count). The normalized spacial score (nSPS) is 10.0. The van der Waals surface area contributed by atoms with Crippen LogP contribution in [0.25, 0.3) is 0 Å². The number of alkyl halides is 1. The summed E-state index contributed by atoms with van der Waals surface area (Å²) in [6.07, 6.45) is 2.09. The van der Waals surface area contributed by atoms with Crippen LogP contribution < -0.4 is 5.32 Å². The van der Waals surface area contributed by atoms with Crippen LogP contribution in [0.4, 0.5) is 5.69 Å².